The molecule has 0 N–H and O–H groups in total. The van der Waals surface area contributed by atoms with Crippen molar-refractivity contribution in [1.29, 1.82) is 0 Å². The monoisotopic (exact) mass is 759 g/mol. The molecule has 0 saturated carbocycles. The highest BCUT2D eigenvalue weighted by molar-refractivity contribution is 6.18. The molecule has 1 aliphatic rings. The molecule has 0 fully saturated rings. The maximum Gasteiger partial charge on any atom is 0.299 e. The molecule has 7 aromatic carbocycles. The van der Waals surface area contributed by atoms with Crippen molar-refractivity contribution >= 4 is 54.5 Å². The fraction of sp³-hybridized carbons (Fsp3) is 0.291. The highest BCUT2D eigenvalue weighted by Gasteiger charge is 2.44. The predicted molar refractivity (Wildman–Crippen MR) is 246 cm³/mol. The Bertz CT molecular complexity index is 3100. The summed E-state index contributed by atoms with van der Waals surface area (Å²) in [6, 6.07) is 43.1. The first-order valence-electron chi connectivity index (χ1n) is 21.3. The summed E-state index contributed by atoms with van der Waals surface area (Å²) in [5, 5.41) is 7.29. The van der Waals surface area contributed by atoms with Gasteiger partial charge in [0.1, 0.15) is 16.8 Å². The van der Waals surface area contributed by atoms with E-state index in [2.05, 4.69) is 194 Å². The van der Waals surface area contributed by atoms with Crippen LogP contribution in [0.4, 0.5) is 0 Å². The van der Waals surface area contributed by atoms with E-state index in [0.29, 0.717) is 0 Å². The molecule has 1 aliphatic carbocycles. The van der Waals surface area contributed by atoms with E-state index in [9.17, 15) is 0 Å². The van der Waals surface area contributed by atoms with Gasteiger partial charge in [0.2, 0.25) is 0 Å². The third-order valence-corrected chi connectivity index (χ3v) is 13.7. The Balaban J connectivity index is 1.39. The summed E-state index contributed by atoms with van der Waals surface area (Å²) in [6.45, 7) is 21.6. The topological polar surface area (TPSA) is 21.9 Å². The number of imidazole rings is 1. The van der Waals surface area contributed by atoms with E-state index < -0.39 is 0 Å². The van der Waals surface area contributed by atoms with Gasteiger partial charge in [-0.1, -0.05) is 140 Å². The van der Waals surface area contributed by atoms with Crippen LogP contribution in [0.1, 0.15) is 108 Å². The first-order valence-corrected chi connectivity index (χ1v) is 21.3. The molecule has 9 aromatic rings. The second-order valence-electron chi connectivity index (χ2n) is 19.1. The largest absolute Gasteiger partial charge is 0.455 e. The molecule has 3 heteroatoms. The molecule has 0 aliphatic heterocycles. The zero-order valence-corrected chi connectivity index (χ0v) is 35.8. The fourth-order valence-electron chi connectivity index (χ4n) is 10.4. The number of rotatable bonds is 5. The summed E-state index contributed by atoms with van der Waals surface area (Å²) in [7, 11) is 2.28. The third-order valence-electron chi connectivity index (χ3n) is 13.7. The highest BCUT2D eigenvalue weighted by atomic mass is 16.3. The Morgan fingerprint density at radius 2 is 1.29 bits per heavy atom. The number of nitrogens with zero attached hydrogens (tertiary/aromatic N) is 2. The van der Waals surface area contributed by atoms with Gasteiger partial charge in [-0.15, -0.1) is 0 Å². The van der Waals surface area contributed by atoms with Gasteiger partial charge in [-0.2, -0.15) is 4.57 Å². The zero-order chi connectivity index (χ0) is 40.4. The van der Waals surface area contributed by atoms with Crippen LogP contribution in [0.2, 0.25) is 0 Å². The van der Waals surface area contributed by atoms with Crippen molar-refractivity contribution in [3.05, 3.63) is 143 Å². The number of aryl methyl sites for hydroxylation is 2. The summed E-state index contributed by atoms with van der Waals surface area (Å²) in [4.78, 5) is 0. The second-order valence-corrected chi connectivity index (χ2v) is 19.1. The molecule has 0 radical (unpaired) electrons. The maximum atomic E-state index is 7.17. The van der Waals surface area contributed by atoms with Gasteiger partial charge in [-0.25, -0.2) is 4.57 Å². The van der Waals surface area contributed by atoms with E-state index >= 15 is 0 Å². The fourth-order valence-corrected chi connectivity index (χ4v) is 10.4. The minimum absolute atomic E-state index is 0.0198. The molecule has 0 atom stereocenters. The van der Waals surface area contributed by atoms with E-state index in [1.54, 1.807) is 0 Å². The number of hydrogen-bond acceptors (Lipinski definition) is 1. The first-order chi connectivity index (χ1) is 27.7. The maximum absolute atomic E-state index is 7.17. The molecule has 0 amide bonds. The first kappa shape index (κ1) is 36.7. The molecule has 0 spiro atoms. The number of aromatic nitrogens is 2. The van der Waals surface area contributed by atoms with Gasteiger partial charge in [-0.3, -0.25) is 0 Å². The Labute approximate surface area is 342 Å². The van der Waals surface area contributed by atoms with Crippen molar-refractivity contribution in [3.63, 3.8) is 0 Å². The Kier molecular flexibility index (Phi) is 8.16. The van der Waals surface area contributed by atoms with E-state index in [1.165, 1.54) is 83.6 Å². The van der Waals surface area contributed by atoms with Crippen LogP contribution in [0.3, 0.4) is 0 Å². The van der Waals surface area contributed by atoms with Crippen LogP contribution in [0.25, 0.3) is 82.7 Å². The van der Waals surface area contributed by atoms with Crippen LogP contribution in [-0.4, -0.2) is 4.57 Å². The van der Waals surface area contributed by atoms with Gasteiger partial charge in [0.25, 0.3) is 5.82 Å². The van der Waals surface area contributed by atoms with Gasteiger partial charge >= 0.3 is 0 Å². The summed E-state index contributed by atoms with van der Waals surface area (Å²) in [5.74, 6) is 1.72. The van der Waals surface area contributed by atoms with Crippen molar-refractivity contribution in [1.82, 2.24) is 4.57 Å². The van der Waals surface area contributed by atoms with Crippen LogP contribution >= 0.6 is 0 Å². The van der Waals surface area contributed by atoms with Gasteiger partial charge in [-0.05, 0) is 117 Å². The molecule has 10 rings (SSSR count). The lowest BCUT2D eigenvalue weighted by molar-refractivity contribution is -0.633. The molecule has 290 valence electrons. The van der Waals surface area contributed by atoms with Crippen LogP contribution < -0.4 is 4.57 Å². The van der Waals surface area contributed by atoms with Crippen molar-refractivity contribution in [2.45, 2.75) is 97.8 Å². The molecule has 2 aromatic heterocycles. The molecular weight excluding hydrogens is 705 g/mol. The Hall–Kier alpha value is -5.67. The Morgan fingerprint density at radius 1 is 0.621 bits per heavy atom. The van der Waals surface area contributed by atoms with Crippen molar-refractivity contribution in [2.75, 3.05) is 0 Å². The number of furan rings is 1. The zero-order valence-electron chi connectivity index (χ0n) is 35.8. The highest BCUT2D eigenvalue weighted by Crippen LogP contribution is 2.51. The molecule has 0 unspecified atom stereocenters. The average Bonchev–Trinajstić information content (AvgIpc) is 3.71. The molecule has 3 nitrogen and oxygen atoms in total. The third kappa shape index (κ3) is 5.35. The summed E-state index contributed by atoms with van der Waals surface area (Å²) in [6.07, 6.45) is 2.30. The lowest BCUT2D eigenvalue weighted by Crippen LogP contribution is -2.35. The van der Waals surface area contributed by atoms with E-state index in [-0.39, 0.29) is 22.7 Å². The summed E-state index contributed by atoms with van der Waals surface area (Å²) >= 11 is 0. The van der Waals surface area contributed by atoms with Crippen LogP contribution in [0.15, 0.2) is 120 Å². The quantitative estimate of drug-likeness (QED) is 0.126. The lowest BCUT2D eigenvalue weighted by Gasteiger charge is -2.41. The van der Waals surface area contributed by atoms with Crippen LogP contribution in [-0.2, 0) is 17.9 Å². The van der Waals surface area contributed by atoms with E-state index in [1.807, 2.05) is 0 Å². The molecular formula is C55H55N2O+. The van der Waals surface area contributed by atoms with Gasteiger partial charge < -0.3 is 4.42 Å². The predicted octanol–water partition coefficient (Wildman–Crippen LogP) is 14.9. The van der Waals surface area contributed by atoms with E-state index in [0.717, 1.165) is 39.7 Å². The van der Waals surface area contributed by atoms with Gasteiger partial charge in [0.05, 0.1) is 7.05 Å². The lowest BCUT2D eigenvalue weighted by atomic mass is 9.63. The van der Waals surface area contributed by atoms with Gasteiger partial charge in [0, 0.05) is 27.5 Å². The molecule has 0 saturated heterocycles. The second kappa shape index (κ2) is 12.9. The van der Waals surface area contributed by atoms with Crippen molar-refractivity contribution in [3.8, 4) is 28.2 Å². The van der Waals surface area contributed by atoms with Crippen LogP contribution in [0.5, 0.6) is 0 Å². The minimum atomic E-state index is -0.0198. The Morgan fingerprint density at radius 3 is 2.02 bits per heavy atom. The molecule has 2 heterocycles. The van der Waals surface area contributed by atoms with Gasteiger partial charge in [0.15, 0.2) is 16.6 Å². The molecule has 0 bridgehead atoms. The standard InChI is InChI=1S/C55H55N2O/c1-32(2)41-28-38(35-16-12-11-13-17-35)29-42(33(3)4)50(41)57-51-46(25-24-45-49(51)55(8,9)27-26-54(45,6)7)56(10)53(57)48-34(5)20-23-40-44-31-43-37(30-47(44)58-52(40)48)22-21-36-18-14-15-19-39(36)43/h11-25,28-33H,26-27H2,1-10H3/q+1. The average molecular weight is 760 g/mol. The van der Waals surface area contributed by atoms with Crippen molar-refractivity contribution in [2.24, 2.45) is 7.05 Å². The normalized spacial score (nSPS) is 15.2. The van der Waals surface area contributed by atoms with Crippen molar-refractivity contribution < 1.29 is 8.98 Å². The van der Waals surface area contributed by atoms with E-state index in [4.69, 9.17) is 4.42 Å². The summed E-state index contributed by atoms with van der Waals surface area (Å²) < 4.78 is 12.4. The summed E-state index contributed by atoms with van der Waals surface area (Å²) in [5.41, 5.74) is 16.4. The van der Waals surface area contributed by atoms with Crippen LogP contribution in [0, 0.1) is 6.92 Å². The number of benzene rings is 7. The SMILES string of the molecule is Cc1ccc2c(oc3cc4ccc5ccccc5c4cc32)c1-c1n(-c2c(C(C)C)cc(-c3ccccc3)cc2C(C)C)c2c3c(ccc2[n+]1C)C(C)(C)CCC3(C)C. The number of fused-ring (bicyclic) bond motifs is 9. The number of hydrogen-bond donors (Lipinski definition) is 0. The smallest absolute Gasteiger partial charge is 0.299 e. The minimum Gasteiger partial charge on any atom is -0.455 e. The molecule has 58 heavy (non-hydrogen) atoms.